The van der Waals surface area contributed by atoms with E-state index in [0.29, 0.717) is 26.3 Å². The molecule has 0 unspecified atom stereocenters. The zero-order valence-electron chi connectivity index (χ0n) is 7.25. The molecule has 12 heavy (non-hydrogen) atoms. The maximum Gasteiger partial charge on any atom is 0.248 e. The van der Waals surface area contributed by atoms with Crippen LogP contribution in [0.15, 0.2) is 12.3 Å². The average molecular weight is 170 g/mol. The first-order valence-electron chi connectivity index (χ1n) is 4.05. The van der Waals surface area contributed by atoms with Crippen molar-refractivity contribution in [1.82, 2.24) is 10.2 Å². The molecule has 1 amide bonds. The van der Waals surface area contributed by atoms with Gasteiger partial charge in [-0.05, 0) is 0 Å². The van der Waals surface area contributed by atoms with Gasteiger partial charge in [-0.2, -0.15) is 0 Å². The Morgan fingerprint density at radius 1 is 1.50 bits per heavy atom. The molecule has 0 aromatic carbocycles. The minimum Gasteiger partial charge on any atom is -0.394 e. The van der Waals surface area contributed by atoms with Crippen LogP contribution in [0.1, 0.15) is 0 Å². The van der Waals surface area contributed by atoms with Crippen LogP contribution in [0.25, 0.3) is 0 Å². The largest absolute Gasteiger partial charge is 0.394 e. The average Bonchev–Trinajstić information content (AvgIpc) is 2.15. The van der Waals surface area contributed by atoms with Crippen molar-refractivity contribution in [2.45, 2.75) is 0 Å². The van der Waals surface area contributed by atoms with E-state index in [1.807, 2.05) is 0 Å². The molecule has 4 nitrogen and oxygen atoms in total. The van der Waals surface area contributed by atoms with E-state index in [9.17, 15) is 4.79 Å². The van der Waals surface area contributed by atoms with E-state index in [0.717, 1.165) is 0 Å². The number of hydrogen-bond donors (Lipinski definition) is 1. The standard InChI is InChI=1S/C8H14N2O2/c1-9-3-2-8(11)10-4-6-12-7-5-10/h2-3,9H,4-7H2,1H3/b3-2+. The molecule has 68 valence electrons. The van der Waals surface area contributed by atoms with Gasteiger partial charge < -0.3 is 15.0 Å². The molecular weight excluding hydrogens is 156 g/mol. The lowest BCUT2D eigenvalue weighted by Crippen LogP contribution is -2.39. The number of ether oxygens (including phenoxy) is 1. The summed E-state index contributed by atoms with van der Waals surface area (Å²) >= 11 is 0. The molecule has 0 aliphatic carbocycles. The van der Waals surface area contributed by atoms with Crippen molar-refractivity contribution in [3.8, 4) is 0 Å². The third-order valence-corrected chi connectivity index (χ3v) is 1.72. The Labute approximate surface area is 72.2 Å². The van der Waals surface area contributed by atoms with Crippen LogP contribution >= 0.6 is 0 Å². The van der Waals surface area contributed by atoms with Gasteiger partial charge in [-0.3, -0.25) is 4.79 Å². The van der Waals surface area contributed by atoms with Crippen LogP contribution < -0.4 is 5.32 Å². The molecule has 0 bridgehead atoms. The van der Waals surface area contributed by atoms with Crippen molar-refractivity contribution in [2.24, 2.45) is 0 Å². The van der Waals surface area contributed by atoms with E-state index in [2.05, 4.69) is 5.32 Å². The quantitative estimate of drug-likeness (QED) is 0.572. The van der Waals surface area contributed by atoms with Crippen LogP contribution in [-0.2, 0) is 9.53 Å². The highest BCUT2D eigenvalue weighted by Gasteiger charge is 2.13. The van der Waals surface area contributed by atoms with Crippen LogP contribution in [0.4, 0.5) is 0 Å². The monoisotopic (exact) mass is 170 g/mol. The van der Waals surface area contributed by atoms with Gasteiger partial charge in [-0.25, -0.2) is 0 Å². The molecule has 4 heteroatoms. The molecule has 0 atom stereocenters. The predicted molar refractivity (Wildman–Crippen MR) is 45.6 cm³/mol. The smallest absolute Gasteiger partial charge is 0.248 e. The zero-order chi connectivity index (χ0) is 8.81. The summed E-state index contributed by atoms with van der Waals surface area (Å²) in [5, 5.41) is 2.78. The summed E-state index contributed by atoms with van der Waals surface area (Å²) in [7, 11) is 1.77. The second-order valence-corrected chi connectivity index (χ2v) is 2.56. The number of morpholine rings is 1. The Morgan fingerprint density at radius 3 is 2.75 bits per heavy atom. The van der Waals surface area contributed by atoms with E-state index in [4.69, 9.17) is 4.74 Å². The van der Waals surface area contributed by atoms with E-state index in [1.165, 1.54) is 6.08 Å². The molecular formula is C8H14N2O2. The van der Waals surface area contributed by atoms with Gasteiger partial charge in [-0.15, -0.1) is 0 Å². The summed E-state index contributed by atoms with van der Waals surface area (Å²) < 4.78 is 5.12. The summed E-state index contributed by atoms with van der Waals surface area (Å²) in [6.07, 6.45) is 3.17. The molecule has 1 N–H and O–H groups in total. The van der Waals surface area contributed by atoms with Crippen molar-refractivity contribution in [1.29, 1.82) is 0 Å². The maximum atomic E-state index is 11.3. The van der Waals surface area contributed by atoms with Crippen molar-refractivity contribution < 1.29 is 9.53 Å². The molecule has 1 fully saturated rings. The molecule has 1 aliphatic rings. The molecule has 1 heterocycles. The second-order valence-electron chi connectivity index (χ2n) is 2.56. The lowest BCUT2D eigenvalue weighted by atomic mass is 10.4. The van der Waals surface area contributed by atoms with Crippen molar-refractivity contribution in [3.63, 3.8) is 0 Å². The number of rotatable bonds is 2. The molecule has 1 saturated heterocycles. The first-order valence-corrected chi connectivity index (χ1v) is 4.05. The number of carbonyl (C=O) groups excluding carboxylic acids is 1. The van der Waals surface area contributed by atoms with Gasteiger partial charge in [0.15, 0.2) is 0 Å². The van der Waals surface area contributed by atoms with Gasteiger partial charge in [0, 0.05) is 32.4 Å². The SMILES string of the molecule is CN/C=C/C(=O)N1CCOCC1. The van der Waals surface area contributed by atoms with E-state index in [-0.39, 0.29) is 5.91 Å². The van der Waals surface area contributed by atoms with Gasteiger partial charge >= 0.3 is 0 Å². The van der Waals surface area contributed by atoms with E-state index in [1.54, 1.807) is 18.1 Å². The Hall–Kier alpha value is -1.03. The normalized spacial score (nSPS) is 18.2. The third-order valence-electron chi connectivity index (χ3n) is 1.72. The fourth-order valence-electron chi connectivity index (χ4n) is 1.04. The molecule has 0 radical (unpaired) electrons. The third kappa shape index (κ3) is 2.54. The molecule has 1 rings (SSSR count). The first kappa shape index (κ1) is 9.06. The van der Waals surface area contributed by atoms with Crippen LogP contribution in [-0.4, -0.2) is 44.2 Å². The Kier molecular flexibility index (Phi) is 3.60. The number of hydrogen-bond acceptors (Lipinski definition) is 3. The van der Waals surface area contributed by atoms with Gasteiger partial charge in [0.25, 0.3) is 0 Å². The van der Waals surface area contributed by atoms with Gasteiger partial charge in [-0.1, -0.05) is 0 Å². The van der Waals surface area contributed by atoms with Crippen molar-refractivity contribution >= 4 is 5.91 Å². The molecule has 0 spiro atoms. The molecule has 0 aromatic rings. The Morgan fingerprint density at radius 2 is 2.17 bits per heavy atom. The van der Waals surface area contributed by atoms with Crippen molar-refractivity contribution in [3.05, 3.63) is 12.3 Å². The topological polar surface area (TPSA) is 41.6 Å². The summed E-state index contributed by atoms with van der Waals surface area (Å²) in [6, 6.07) is 0. The van der Waals surface area contributed by atoms with Crippen LogP contribution in [0.5, 0.6) is 0 Å². The lowest BCUT2D eigenvalue weighted by molar-refractivity contribution is -0.129. The van der Waals surface area contributed by atoms with Crippen LogP contribution in [0.2, 0.25) is 0 Å². The summed E-state index contributed by atoms with van der Waals surface area (Å²) in [5.41, 5.74) is 0. The van der Waals surface area contributed by atoms with Gasteiger partial charge in [0.2, 0.25) is 5.91 Å². The number of amides is 1. The van der Waals surface area contributed by atoms with Crippen LogP contribution in [0.3, 0.4) is 0 Å². The van der Waals surface area contributed by atoms with Gasteiger partial charge in [0.05, 0.1) is 13.2 Å². The zero-order valence-corrected chi connectivity index (χ0v) is 7.25. The van der Waals surface area contributed by atoms with Crippen LogP contribution in [0, 0.1) is 0 Å². The highest BCUT2D eigenvalue weighted by molar-refractivity contribution is 5.87. The van der Waals surface area contributed by atoms with Crippen molar-refractivity contribution in [2.75, 3.05) is 33.4 Å². The Bertz CT molecular complexity index is 174. The summed E-state index contributed by atoms with van der Waals surface area (Å²) in [5.74, 6) is 0.0488. The minimum absolute atomic E-state index is 0.0488. The summed E-state index contributed by atoms with van der Waals surface area (Å²) in [4.78, 5) is 13.1. The van der Waals surface area contributed by atoms with Gasteiger partial charge in [0.1, 0.15) is 0 Å². The predicted octanol–water partition coefficient (Wildman–Crippen LogP) is -0.422. The fraction of sp³-hybridized carbons (Fsp3) is 0.625. The molecule has 1 aliphatic heterocycles. The number of carbonyl (C=O) groups is 1. The highest BCUT2D eigenvalue weighted by Crippen LogP contribution is 1.97. The van der Waals surface area contributed by atoms with E-state index < -0.39 is 0 Å². The Balaban J connectivity index is 2.34. The highest BCUT2D eigenvalue weighted by atomic mass is 16.5. The number of nitrogens with zero attached hydrogens (tertiary/aromatic N) is 1. The first-order chi connectivity index (χ1) is 5.84. The molecule has 0 saturated carbocycles. The maximum absolute atomic E-state index is 11.3. The second kappa shape index (κ2) is 4.77. The minimum atomic E-state index is 0.0488. The van der Waals surface area contributed by atoms with E-state index >= 15 is 0 Å². The summed E-state index contributed by atoms with van der Waals surface area (Å²) in [6.45, 7) is 2.71. The number of nitrogens with one attached hydrogen (secondary N) is 1. The molecule has 0 aromatic heterocycles. The lowest BCUT2D eigenvalue weighted by Gasteiger charge is -2.25. The fourth-order valence-corrected chi connectivity index (χ4v) is 1.04.